The molecule has 12 rings (SSSR count). The molecular weight excluding hydrogens is 731 g/mol. The summed E-state index contributed by atoms with van der Waals surface area (Å²) in [6, 6.07) is 71.8. The van der Waals surface area contributed by atoms with Gasteiger partial charge >= 0.3 is 0 Å². The third-order valence-electron chi connectivity index (χ3n) is 12.7. The normalized spacial score (nSPS) is 13.0. The summed E-state index contributed by atoms with van der Waals surface area (Å²) in [7, 11) is 0. The maximum absolute atomic E-state index is 6.67. The average molecular weight is 770 g/mol. The summed E-state index contributed by atoms with van der Waals surface area (Å²) < 4.78 is 13.3. The zero-order valence-electron chi connectivity index (χ0n) is 33.3. The molecule has 284 valence electrons. The van der Waals surface area contributed by atoms with Gasteiger partial charge in [-0.25, -0.2) is 0 Å². The summed E-state index contributed by atoms with van der Waals surface area (Å²) in [5.41, 5.74) is 18.7. The molecule has 0 radical (unpaired) electrons. The number of hydrogen-bond acceptors (Lipinski definition) is 3. The quantitative estimate of drug-likeness (QED) is 0.169. The predicted molar refractivity (Wildman–Crippen MR) is 250 cm³/mol. The molecule has 1 aliphatic carbocycles. The smallest absolute Gasteiger partial charge is 0.143 e. The van der Waals surface area contributed by atoms with Crippen LogP contribution in [0.5, 0.6) is 0 Å². The molecular formula is C57H39NO2. The van der Waals surface area contributed by atoms with Crippen LogP contribution in [0.25, 0.3) is 88.4 Å². The van der Waals surface area contributed by atoms with E-state index in [1.807, 2.05) is 18.2 Å². The Bertz CT molecular complexity index is 3460. The Labute approximate surface area is 348 Å². The van der Waals surface area contributed by atoms with Gasteiger partial charge in [0.25, 0.3) is 0 Å². The summed E-state index contributed by atoms with van der Waals surface area (Å²) in [6.45, 7) is 4.68. The summed E-state index contributed by atoms with van der Waals surface area (Å²) in [4.78, 5) is 2.37. The zero-order chi connectivity index (χ0) is 40.0. The van der Waals surface area contributed by atoms with E-state index in [1.54, 1.807) is 0 Å². The van der Waals surface area contributed by atoms with Gasteiger partial charge in [-0.3, -0.25) is 0 Å². The van der Waals surface area contributed by atoms with Gasteiger partial charge in [0.15, 0.2) is 0 Å². The maximum Gasteiger partial charge on any atom is 0.143 e. The Morgan fingerprint density at radius 2 is 0.833 bits per heavy atom. The minimum absolute atomic E-state index is 0.0966. The molecule has 0 aliphatic heterocycles. The van der Waals surface area contributed by atoms with E-state index in [0.717, 1.165) is 94.3 Å². The van der Waals surface area contributed by atoms with E-state index in [-0.39, 0.29) is 5.41 Å². The van der Waals surface area contributed by atoms with Crippen LogP contribution >= 0.6 is 0 Å². The van der Waals surface area contributed by atoms with Gasteiger partial charge in [0.1, 0.15) is 22.3 Å². The molecule has 9 aromatic carbocycles. The SMILES string of the molecule is CC1(C)c2ccccc2-c2ccc(N(c3ccccc3)c3ccc(-c4ccc(-c5cccc6c5oc5ccccc56)c(-c5cccc6c5oc5ccccc56)c4)cc3)cc21. The molecule has 0 atom stereocenters. The van der Waals surface area contributed by atoms with Crippen LogP contribution in [0.2, 0.25) is 0 Å². The zero-order valence-corrected chi connectivity index (χ0v) is 33.3. The van der Waals surface area contributed by atoms with E-state index in [9.17, 15) is 0 Å². The molecule has 3 heteroatoms. The van der Waals surface area contributed by atoms with Gasteiger partial charge in [0, 0.05) is 55.1 Å². The molecule has 2 aromatic heterocycles. The van der Waals surface area contributed by atoms with E-state index in [4.69, 9.17) is 8.83 Å². The molecule has 0 N–H and O–H groups in total. The highest BCUT2D eigenvalue weighted by Gasteiger charge is 2.35. The number of rotatable bonds is 6. The van der Waals surface area contributed by atoms with Crippen molar-refractivity contribution in [2.75, 3.05) is 4.90 Å². The molecule has 3 nitrogen and oxygen atoms in total. The van der Waals surface area contributed by atoms with Crippen LogP contribution in [0.15, 0.2) is 209 Å². The van der Waals surface area contributed by atoms with Crippen LogP contribution in [0.3, 0.4) is 0 Å². The molecule has 0 fully saturated rings. The number of nitrogens with zero attached hydrogens (tertiary/aromatic N) is 1. The maximum atomic E-state index is 6.67. The lowest BCUT2D eigenvalue weighted by molar-refractivity contribution is 0.660. The molecule has 60 heavy (non-hydrogen) atoms. The van der Waals surface area contributed by atoms with Crippen LogP contribution in [0, 0.1) is 0 Å². The molecule has 0 amide bonds. The van der Waals surface area contributed by atoms with Crippen molar-refractivity contribution in [2.24, 2.45) is 0 Å². The van der Waals surface area contributed by atoms with Crippen LogP contribution in [-0.4, -0.2) is 0 Å². The minimum atomic E-state index is -0.0966. The van der Waals surface area contributed by atoms with Crippen molar-refractivity contribution in [3.8, 4) is 44.5 Å². The summed E-state index contributed by atoms with van der Waals surface area (Å²) in [5, 5.41) is 4.44. The molecule has 11 aromatic rings. The highest BCUT2D eigenvalue weighted by Crippen LogP contribution is 2.51. The number of benzene rings is 9. The van der Waals surface area contributed by atoms with Crippen molar-refractivity contribution < 1.29 is 8.83 Å². The topological polar surface area (TPSA) is 29.5 Å². The first-order valence-electron chi connectivity index (χ1n) is 20.7. The predicted octanol–water partition coefficient (Wildman–Crippen LogP) is 16.3. The average Bonchev–Trinajstić information content (AvgIpc) is 3.95. The fourth-order valence-electron chi connectivity index (χ4n) is 9.76. The van der Waals surface area contributed by atoms with Gasteiger partial charge in [-0.15, -0.1) is 0 Å². The Hall–Kier alpha value is -7.62. The summed E-state index contributed by atoms with van der Waals surface area (Å²) in [5.74, 6) is 0. The third-order valence-corrected chi connectivity index (χ3v) is 12.7. The third kappa shape index (κ3) is 5.22. The minimum Gasteiger partial charge on any atom is -0.455 e. The lowest BCUT2D eigenvalue weighted by Gasteiger charge is -2.28. The lowest BCUT2D eigenvalue weighted by Crippen LogP contribution is -2.16. The van der Waals surface area contributed by atoms with Gasteiger partial charge in [-0.1, -0.05) is 159 Å². The van der Waals surface area contributed by atoms with Crippen molar-refractivity contribution >= 4 is 60.9 Å². The standard InChI is InChI=1S/C57H39NO2/c1-57(2)51-23-9-6-16-42(51)43-33-31-40(35-52(43)57)58(38-14-4-3-5-15-38)39-29-26-36(27-30-39)37-28-32-41(46-19-12-20-47-44-17-7-10-24-53(44)59-55(46)47)50(34-37)49-22-13-21-48-45-18-8-11-25-54(45)60-56(48)49/h3-35H,1-2H3. The van der Waals surface area contributed by atoms with Crippen molar-refractivity contribution in [1.82, 2.24) is 0 Å². The van der Waals surface area contributed by atoms with Gasteiger partial charge < -0.3 is 13.7 Å². The Morgan fingerprint density at radius 3 is 1.53 bits per heavy atom. The van der Waals surface area contributed by atoms with Crippen molar-refractivity contribution in [2.45, 2.75) is 19.3 Å². The first-order valence-corrected chi connectivity index (χ1v) is 20.7. The van der Waals surface area contributed by atoms with Crippen LogP contribution < -0.4 is 4.90 Å². The molecule has 2 heterocycles. The molecule has 0 saturated carbocycles. The van der Waals surface area contributed by atoms with Crippen molar-refractivity contribution in [3.63, 3.8) is 0 Å². The highest BCUT2D eigenvalue weighted by molar-refractivity contribution is 6.14. The monoisotopic (exact) mass is 769 g/mol. The Morgan fingerprint density at radius 1 is 0.333 bits per heavy atom. The first kappa shape index (κ1) is 34.4. The summed E-state index contributed by atoms with van der Waals surface area (Å²) >= 11 is 0. The molecule has 1 aliphatic rings. The Balaban J connectivity index is 1.00. The second kappa shape index (κ2) is 13.2. The number of furan rings is 2. The van der Waals surface area contributed by atoms with E-state index < -0.39 is 0 Å². The first-order chi connectivity index (χ1) is 29.5. The molecule has 0 spiro atoms. The van der Waals surface area contributed by atoms with Gasteiger partial charge in [0.05, 0.1) is 0 Å². The van der Waals surface area contributed by atoms with Crippen LogP contribution in [-0.2, 0) is 5.41 Å². The largest absolute Gasteiger partial charge is 0.455 e. The number of fused-ring (bicyclic) bond motifs is 9. The van der Waals surface area contributed by atoms with Crippen molar-refractivity contribution in [1.29, 1.82) is 0 Å². The van der Waals surface area contributed by atoms with E-state index in [0.29, 0.717) is 0 Å². The van der Waals surface area contributed by atoms with Crippen molar-refractivity contribution in [3.05, 3.63) is 211 Å². The highest BCUT2D eigenvalue weighted by atomic mass is 16.3. The molecule has 0 unspecified atom stereocenters. The van der Waals surface area contributed by atoms with Crippen LogP contribution in [0.4, 0.5) is 17.1 Å². The molecule has 0 saturated heterocycles. The number of anilines is 3. The van der Waals surface area contributed by atoms with Gasteiger partial charge in [-0.2, -0.15) is 0 Å². The van der Waals surface area contributed by atoms with E-state index in [1.165, 1.54) is 22.3 Å². The van der Waals surface area contributed by atoms with E-state index >= 15 is 0 Å². The van der Waals surface area contributed by atoms with Gasteiger partial charge in [0.2, 0.25) is 0 Å². The van der Waals surface area contributed by atoms with Gasteiger partial charge in [-0.05, 0) is 99.1 Å². The number of hydrogen-bond donors (Lipinski definition) is 0. The second-order valence-electron chi connectivity index (χ2n) is 16.4. The second-order valence-corrected chi connectivity index (χ2v) is 16.4. The van der Waals surface area contributed by atoms with Crippen LogP contribution in [0.1, 0.15) is 25.0 Å². The van der Waals surface area contributed by atoms with E-state index in [2.05, 4.69) is 201 Å². The fourth-order valence-corrected chi connectivity index (χ4v) is 9.76. The lowest BCUT2D eigenvalue weighted by atomic mass is 9.82. The number of para-hydroxylation sites is 5. The molecule has 0 bridgehead atoms. The Kier molecular flexibility index (Phi) is 7.58. The fraction of sp³-hybridized carbons (Fsp3) is 0.0526. The summed E-state index contributed by atoms with van der Waals surface area (Å²) in [6.07, 6.45) is 0.